The summed E-state index contributed by atoms with van der Waals surface area (Å²) in [7, 11) is 1.74. The van der Waals surface area contributed by atoms with Gasteiger partial charge in [-0.05, 0) is 44.0 Å². The molecule has 1 aromatic rings. The SMILES string of the molecule is CCN(C)C(=O)c1cc(C)c(OCC(=O)O)c(C)c1. The van der Waals surface area contributed by atoms with Crippen LogP contribution in [-0.2, 0) is 4.79 Å². The normalized spacial score (nSPS) is 10.1. The highest BCUT2D eigenvalue weighted by Crippen LogP contribution is 2.25. The minimum Gasteiger partial charge on any atom is -0.481 e. The van der Waals surface area contributed by atoms with Crippen LogP contribution in [0.15, 0.2) is 12.1 Å². The molecular weight excluding hydrogens is 246 g/mol. The monoisotopic (exact) mass is 265 g/mol. The van der Waals surface area contributed by atoms with Crippen molar-refractivity contribution in [2.75, 3.05) is 20.2 Å². The van der Waals surface area contributed by atoms with E-state index in [0.717, 1.165) is 11.1 Å². The molecule has 0 heterocycles. The van der Waals surface area contributed by atoms with Gasteiger partial charge in [-0.15, -0.1) is 0 Å². The third-order valence-corrected chi connectivity index (χ3v) is 2.87. The lowest BCUT2D eigenvalue weighted by Gasteiger charge is -2.17. The van der Waals surface area contributed by atoms with Gasteiger partial charge >= 0.3 is 5.97 Å². The first-order chi connectivity index (χ1) is 8.86. The number of aliphatic carboxylic acids is 1. The van der Waals surface area contributed by atoms with Crippen molar-refractivity contribution in [1.29, 1.82) is 0 Å². The second-order valence-corrected chi connectivity index (χ2v) is 4.44. The van der Waals surface area contributed by atoms with Gasteiger partial charge in [-0.1, -0.05) is 0 Å². The number of amides is 1. The summed E-state index contributed by atoms with van der Waals surface area (Å²) in [5.74, 6) is -0.554. The number of hydrogen-bond donors (Lipinski definition) is 1. The van der Waals surface area contributed by atoms with Gasteiger partial charge in [0.05, 0.1) is 0 Å². The Bertz CT molecular complexity index is 473. The van der Waals surface area contributed by atoms with E-state index in [1.165, 1.54) is 0 Å². The van der Waals surface area contributed by atoms with E-state index in [2.05, 4.69) is 0 Å². The molecule has 1 aromatic carbocycles. The molecule has 1 N–H and O–H groups in total. The standard InChI is InChI=1S/C14H19NO4/c1-5-15(4)14(18)11-6-9(2)13(10(3)7-11)19-8-12(16)17/h6-7H,5,8H2,1-4H3,(H,16,17). The number of carboxylic acid groups (broad SMARTS) is 1. The molecule has 104 valence electrons. The Morgan fingerprint density at radius 1 is 1.26 bits per heavy atom. The van der Waals surface area contributed by atoms with Crippen molar-refractivity contribution in [3.8, 4) is 5.75 Å². The Morgan fingerprint density at radius 3 is 2.21 bits per heavy atom. The van der Waals surface area contributed by atoms with Gasteiger partial charge in [0.25, 0.3) is 5.91 Å². The topological polar surface area (TPSA) is 66.8 Å². The zero-order valence-corrected chi connectivity index (χ0v) is 11.7. The number of aryl methyl sites for hydroxylation is 2. The average Bonchev–Trinajstić information content (AvgIpc) is 2.35. The van der Waals surface area contributed by atoms with Gasteiger partial charge in [0.15, 0.2) is 6.61 Å². The molecule has 0 atom stereocenters. The van der Waals surface area contributed by atoms with Gasteiger partial charge in [-0.25, -0.2) is 4.79 Å². The molecule has 5 heteroatoms. The second kappa shape index (κ2) is 6.22. The molecule has 0 bridgehead atoms. The first kappa shape index (κ1) is 15.0. The molecule has 0 fully saturated rings. The fraction of sp³-hybridized carbons (Fsp3) is 0.429. The number of carboxylic acids is 1. The largest absolute Gasteiger partial charge is 0.481 e. The van der Waals surface area contributed by atoms with E-state index in [1.807, 2.05) is 6.92 Å². The van der Waals surface area contributed by atoms with Crippen LogP contribution in [0.25, 0.3) is 0 Å². The van der Waals surface area contributed by atoms with E-state index in [-0.39, 0.29) is 12.5 Å². The molecule has 1 amide bonds. The lowest BCUT2D eigenvalue weighted by atomic mass is 10.0. The third-order valence-electron chi connectivity index (χ3n) is 2.87. The summed E-state index contributed by atoms with van der Waals surface area (Å²) >= 11 is 0. The fourth-order valence-corrected chi connectivity index (χ4v) is 1.80. The van der Waals surface area contributed by atoms with E-state index in [0.29, 0.717) is 17.9 Å². The van der Waals surface area contributed by atoms with Gasteiger partial charge in [-0.3, -0.25) is 4.79 Å². The number of rotatable bonds is 5. The minimum atomic E-state index is -1.02. The maximum Gasteiger partial charge on any atom is 0.341 e. The molecule has 0 aliphatic heterocycles. The van der Waals surface area contributed by atoms with Crippen molar-refractivity contribution >= 4 is 11.9 Å². The van der Waals surface area contributed by atoms with Crippen LogP contribution in [-0.4, -0.2) is 42.1 Å². The number of ether oxygens (including phenoxy) is 1. The van der Waals surface area contributed by atoms with Crippen LogP contribution < -0.4 is 4.74 Å². The Labute approximate surface area is 112 Å². The average molecular weight is 265 g/mol. The number of benzene rings is 1. The molecular formula is C14H19NO4. The zero-order valence-electron chi connectivity index (χ0n) is 11.7. The van der Waals surface area contributed by atoms with Crippen LogP contribution in [0.3, 0.4) is 0 Å². The quantitative estimate of drug-likeness (QED) is 0.882. The Balaban J connectivity index is 3.03. The molecule has 19 heavy (non-hydrogen) atoms. The molecule has 0 spiro atoms. The van der Waals surface area contributed by atoms with E-state index in [1.54, 1.807) is 37.9 Å². The van der Waals surface area contributed by atoms with Crippen LogP contribution in [0.4, 0.5) is 0 Å². The van der Waals surface area contributed by atoms with Gasteiger partial charge in [0, 0.05) is 19.2 Å². The Hall–Kier alpha value is -2.04. The van der Waals surface area contributed by atoms with Crippen molar-refractivity contribution in [2.45, 2.75) is 20.8 Å². The summed E-state index contributed by atoms with van der Waals surface area (Å²) < 4.78 is 5.23. The maximum absolute atomic E-state index is 12.0. The first-order valence-corrected chi connectivity index (χ1v) is 6.08. The van der Waals surface area contributed by atoms with Crippen LogP contribution in [0.2, 0.25) is 0 Å². The van der Waals surface area contributed by atoms with Gasteiger partial charge in [0.1, 0.15) is 5.75 Å². The van der Waals surface area contributed by atoms with E-state index >= 15 is 0 Å². The van der Waals surface area contributed by atoms with Crippen molar-refractivity contribution in [3.63, 3.8) is 0 Å². The number of carbonyl (C=O) groups excluding carboxylic acids is 1. The van der Waals surface area contributed by atoms with Crippen LogP contribution in [0.5, 0.6) is 5.75 Å². The van der Waals surface area contributed by atoms with Crippen LogP contribution in [0.1, 0.15) is 28.4 Å². The van der Waals surface area contributed by atoms with E-state index in [4.69, 9.17) is 9.84 Å². The molecule has 5 nitrogen and oxygen atoms in total. The van der Waals surface area contributed by atoms with Crippen molar-refractivity contribution in [1.82, 2.24) is 4.90 Å². The predicted molar refractivity (Wildman–Crippen MR) is 71.7 cm³/mol. The molecule has 0 unspecified atom stereocenters. The van der Waals surface area contributed by atoms with Gasteiger partial charge < -0.3 is 14.7 Å². The fourth-order valence-electron chi connectivity index (χ4n) is 1.80. The van der Waals surface area contributed by atoms with Crippen LogP contribution in [0, 0.1) is 13.8 Å². The summed E-state index contributed by atoms with van der Waals surface area (Å²) in [6, 6.07) is 3.44. The number of hydrogen-bond acceptors (Lipinski definition) is 3. The lowest BCUT2D eigenvalue weighted by Crippen LogP contribution is -2.26. The Morgan fingerprint density at radius 2 is 1.79 bits per heavy atom. The summed E-state index contributed by atoms with van der Waals surface area (Å²) in [6.45, 7) is 5.75. The van der Waals surface area contributed by atoms with Crippen molar-refractivity contribution < 1.29 is 19.4 Å². The van der Waals surface area contributed by atoms with E-state index in [9.17, 15) is 9.59 Å². The molecule has 0 aliphatic rings. The predicted octanol–water partition coefficient (Wildman–Crippen LogP) is 1.86. The van der Waals surface area contributed by atoms with Gasteiger partial charge in [-0.2, -0.15) is 0 Å². The maximum atomic E-state index is 12.0. The van der Waals surface area contributed by atoms with E-state index < -0.39 is 5.97 Å². The summed E-state index contributed by atoms with van der Waals surface area (Å²) in [6.07, 6.45) is 0. The van der Waals surface area contributed by atoms with Crippen molar-refractivity contribution in [3.05, 3.63) is 28.8 Å². The molecule has 0 saturated carbocycles. The third kappa shape index (κ3) is 3.71. The first-order valence-electron chi connectivity index (χ1n) is 6.08. The molecule has 0 aromatic heterocycles. The summed E-state index contributed by atoms with van der Waals surface area (Å²) in [5.41, 5.74) is 2.10. The molecule has 1 rings (SSSR count). The molecule has 0 saturated heterocycles. The molecule has 0 radical (unpaired) electrons. The van der Waals surface area contributed by atoms with Crippen LogP contribution >= 0.6 is 0 Å². The summed E-state index contributed by atoms with van der Waals surface area (Å²) in [4.78, 5) is 24.2. The molecule has 0 aliphatic carbocycles. The smallest absolute Gasteiger partial charge is 0.341 e. The highest BCUT2D eigenvalue weighted by Gasteiger charge is 2.14. The minimum absolute atomic E-state index is 0.0570. The number of carbonyl (C=O) groups is 2. The van der Waals surface area contributed by atoms with Crippen molar-refractivity contribution in [2.24, 2.45) is 0 Å². The van der Waals surface area contributed by atoms with Gasteiger partial charge in [0.2, 0.25) is 0 Å². The Kier molecular flexibility index (Phi) is 4.92. The highest BCUT2D eigenvalue weighted by atomic mass is 16.5. The zero-order chi connectivity index (χ0) is 14.6. The second-order valence-electron chi connectivity index (χ2n) is 4.44. The number of nitrogens with zero attached hydrogens (tertiary/aromatic N) is 1. The highest BCUT2D eigenvalue weighted by molar-refractivity contribution is 5.94. The summed E-state index contributed by atoms with van der Waals surface area (Å²) in [5, 5.41) is 8.62. The lowest BCUT2D eigenvalue weighted by molar-refractivity contribution is -0.139.